The number of ether oxygens (including phenoxy) is 1. The Kier molecular flexibility index (Phi) is 3.30. The van der Waals surface area contributed by atoms with Crippen LogP contribution in [0.5, 0.6) is 0 Å². The maximum Gasteiger partial charge on any atom is 0.340 e. The van der Waals surface area contributed by atoms with Gasteiger partial charge in [0, 0.05) is 10.7 Å². The number of hydrogen-bond acceptors (Lipinski definition) is 3. The molecule has 2 rings (SSSR count). The summed E-state index contributed by atoms with van der Waals surface area (Å²) in [5.41, 5.74) is 0.0658. The molecule has 0 saturated heterocycles. The molecule has 0 saturated carbocycles. The zero-order valence-electron chi connectivity index (χ0n) is 9.55. The van der Waals surface area contributed by atoms with Crippen LogP contribution in [0.2, 0.25) is 0 Å². The predicted octanol–water partition coefficient (Wildman–Crippen LogP) is 3.37. The van der Waals surface area contributed by atoms with Gasteiger partial charge in [-0.15, -0.1) is 0 Å². The van der Waals surface area contributed by atoms with Crippen LogP contribution in [-0.2, 0) is 4.74 Å². The maximum atomic E-state index is 14.0. The van der Waals surface area contributed by atoms with Crippen LogP contribution in [-0.4, -0.2) is 18.1 Å². The molecule has 1 heterocycles. The number of aryl methyl sites for hydroxylation is 1. The molecule has 18 heavy (non-hydrogen) atoms. The first kappa shape index (κ1) is 12.9. The van der Waals surface area contributed by atoms with Crippen molar-refractivity contribution in [2.45, 2.75) is 6.92 Å². The monoisotopic (exact) mass is 315 g/mol. The van der Waals surface area contributed by atoms with Crippen molar-refractivity contribution in [3.05, 3.63) is 39.5 Å². The van der Waals surface area contributed by atoms with Crippen LogP contribution in [0.3, 0.4) is 0 Å². The van der Waals surface area contributed by atoms with Crippen molar-refractivity contribution in [3.8, 4) is 0 Å². The third kappa shape index (κ3) is 1.86. The first-order valence-electron chi connectivity index (χ1n) is 4.98. The Balaban J connectivity index is 2.89. The molecule has 0 atom stereocenters. The molecule has 0 bridgehead atoms. The normalized spacial score (nSPS) is 10.7. The van der Waals surface area contributed by atoms with Crippen LogP contribution in [0, 0.1) is 18.6 Å². The summed E-state index contributed by atoms with van der Waals surface area (Å²) in [6, 6.07) is 1.06. The predicted molar refractivity (Wildman–Crippen MR) is 65.4 cm³/mol. The fraction of sp³-hybridized carbons (Fsp3) is 0.167. The van der Waals surface area contributed by atoms with Gasteiger partial charge in [-0.1, -0.05) is 0 Å². The van der Waals surface area contributed by atoms with E-state index in [0.29, 0.717) is 0 Å². The number of fused-ring (bicyclic) bond motifs is 1. The lowest BCUT2D eigenvalue weighted by Gasteiger charge is -2.08. The van der Waals surface area contributed by atoms with Gasteiger partial charge in [0.25, 0.3) is 0 Å². The highest BCUT2D eigenvalue weighted by Crippen LogP contribution is 2.31. The lowest BCUT2D eigenvalue weighted by Crippen LogP contribution is -2.05. The van der Waals surface area contributed by atoms with Gasteiger partial charge < -0.3 is 4.74 Å². The van der Waals surface area contributed by atoms with E-state index in [9.17, 15) is 13.6 Å². The number of halogens is 3. The average molecular weight is 316 g/mol. The van der Waals surface area contributed by atoms with E-state index in [1.165, 1.54) is 14.0 Å². The molecular formula is C12H8BrF2NO2. The van der Waals surface area contributed by atoms with Crippen molar-refractivity contribution in [3.63, 3.8) is 0 Å². The first-order chi connectivity index (χ1) is 8.47. The summed E-state index contributed by atoms with van der Waals surface area (Å²) in [6.45, 7) is 1.44. The van der Waals surface area contributed by atoms with E-state index in [-0.39, 0.29) is 26.5 Å². The summed E-state index contributed by atoms with van der Waals surface area (Å²) in [4.78, 5) is 15.2. The van der Waals surface area contributed by atoms with Crippen LogP contribution in [0.15, 0.2) is 16.7 Å². The molecule has 0 N–H and O–H groups in total. The van der Waals surface area contributed by atoms with E-state index in [2.05, 4.69) is 25.7 Å². The number of rotatable bonds is 1. The van der Waals surface area contributed by atoms with Crippen LogP contribution in [0.1, 0.15) is 15.9 Å². The lowest BCUT2D eigenvalue weighted by molar-refractivity contribution is 0.0599. The molecule has 6 heteroatoms. The van der Waals surface area contributed by atoms with E-state index < -0.39 is 17.6 Å². The Bertz CT molecular complexity index is 658. The average Bonchev–Trinajstić information content (AvgIpc) is 2.35. The fourth-order valence-corrected chi connectivity index (χ4v) is 2.27. The van der Waals surface area contributed by atoms with Crippen molar-refractivity contribution in [2.24, 2.45) is 0 Å². The molecule has 0 aliphatic carbocycles. The molecule has 0 spiro atoms. The quantitative estimate of drug-likeness (QED) is 0.757. The van der Waals surface area contributed by atoms with Gasteiger partial charge in [0.05, 0.1) is 18.1 Å². The van der Waals surface area contributed by atoms with Crippen molar-refractivity contribution >= 4 is 32.8 Å². The topological polar surface area (TPSA) is 39.2 Å². The Hall–Kier alpha value is -1.56. The number of benzene rings is 1. The van der Waals surface area contributed by atoms with Crippen molar-refractivity contribution < 1.29 is 18.3 Å². The number of carbonyl (C=O) groups is 1. The molecule has 1 aromatic carbocycles. The Morgan fingerprint density at radius 2 is 2.11 bits per heavy atom. The first-order valence-corrected chi connectivity index (χ1v) is 5.77. The number of nitrogens with zero attached hydrogens (tertiary/aromatic N) is 1. The van der Waals surface area contributed by atoms with Crippen molar-refractivity contribution in [1.82, 2.24) is 4.98 Å². The highest BCUT2D eigenvalue weighted by Gasteiger charge is 2.19. The van der Waals surface area contributed by atoms with Gasteiger partial charge in [0.1, 0.15) is 17.2 Å². The molecule has 3 nitrogen and oxygen atoms in total. The number of aromatic nitrogens is 1. The highest BCUT2D eigenvalue weighted by atomic mass is 79.9. The minimum Gasteiger partial charge on any atom is -0.465 e. The van der Waals surface area contributed by atoms with Gasteiger partial charge in [-0.05, 0) is 34.5 Å². The summed E-state index contributed by atoms with van der Waals surface area (Å²) in [6.07, 6.45) is 1.15. The van der Waals surface area contributed by atoms with Gasteiger partial charge in [-0.25, -0.2) is 13.6 Å². The van der Waals surface area contributed by atoms with Crippen molar-refractivity contribution in [2.75, 3.05) is 7.11 Å². The SMILES string of the molecule is COC(=O)c1cnc2c(F)cc(C)c(F)c2c1Br. The van der Waals surface area contributed by atoms with E-state index in [1.54, 1.807) is 0 Å². The molecule has 2 aromatic rings. The van der Waals surface area contributed by atoms with Gasteiger partial charge in [0.2, 0.25) is 0 Å². The highest BCUT2D eigenvalue weighted by molar-refractivity contribution is 9.10. The van der Waals surface area contributed by atoms with E-state index in [4.69, 9.17) is 0 Å². The number of pyridine rings is 1. The van der Waals surface area contributed by atoms with E-state index in [1.807, 2.05) is 0 Å². The number of hydrogen-bond donors (Lipinski definition) is 0. The standard InChI is InChI=1S/C12H8BrF2NO2/c1-5-3-7(14)11-8(10(5)15)9(13)6(4-16-11)12(17)18-2/h3-4H,1-2H3. The second kappa shape index (κ2) is 4.61. The number of esters is 1. The van der Waals surface area contributed by atoms with Crippen LogP contribution in [0.25, 0.3) is 10.9 Å². The third-order valence-corrected chi connectivity index (χ3v) is 3.38. The number of methoxy groups -OCH3 is 1. The number of carbonyl (C=O) groups excluding carboxylic acids is 1. The van der Waals surface area contributed by atoms with Gasteiger partial charge in [-0.3, -0.25) is 4.98 Å². The summed E-state index contributed by atoms with van der Waals surface area (Å²) in [5, 5.41) is -0.0598. The molecule has 0 unspecified atom stereocenters. The Morgan fingerprint density at radius 1 is 1.44 bits per heavy atom. The third-order valence-electron chi connectivity index (χ3n) is 2.56. The van der Waals surface area contributed by atoms with Crippen LogP contribution < -0.4 is 0 Å². The molecule has 0 aliphatic heterocycles. The zero-order valence-corrected chi connectivity index (χ0v) is 11.1. The largest absolute Gasteiger partial charge is 0.465 e. The summed E-state index contributed by atoms with van der Waals surface area (Å²) in [5.74, 6) is -1.92. The van der Waals surface area contributed by atoms with Gasteiger partial charge >= 0.3 is 5.97 Å². The molecular weight excluding hydrogens is 308 g/mol. The van der Waals surface area contributed by atoms with Crippen LogP contribution >= 0.6 is 15.9 Å². The molecule has 1 aromatic heterocycles. The zero-order chi connectivity index (χ0) is 13.4. The molecule has 0 amide bonds. The van der Waals surface area contributed by atoms with Gasteiger partial charge in [0.15, 0.2) is 0 Å². The minimum atomic E-state index is -0.669. The van der Waals surface area contributed by atoms with Gasteiger partial charge in [-0.2, -0.15) is 0 Å². The lowest BCUT2D eigenvalue weighted by atomic mass is 10.1. The summed E-state index contributed by atoms with van der Waals surface area (Å²) < 4.78 is 32.3. The Morgan fingerprint density at radius 3 is 2.72 bits per heavy atom. The minimum absolute atomic E-state index is 0.0499. The second-order valence-corrected chi connectivity index (χ2v) is 4.48. The molecule has 0 fully saturated rings. The van der Waals surface area contributed by atoms with Crippen molar-refractivity contribution in [1.29, 1.82) is 0 Å². The second-order valence-electron chi connectivity index (χ2n) is 3.69. The fourth-order valence-electron chi connectivity index (χ4n) is 1.64. The molecule has 94 valence electrons. The molecule has 0 radical (unpaired) electrons. The maximum absolute atomic E-state index is 14.0. The van der Waals surface area contributed by atoms with Crippen LogP contribution in [0.4, 0.5) is 8.78 Å². The Labute approximate surface area is 110 Å². The molecule has 0 aliphatic rings. The summed E-state index contributed by atoms with van der Waals surface area (Å²) >= 11 is 3.09. The summed E-state index contributed by atoms with van der Waals surface area (Å²) in [7, 11) is 1.20. The smallest absolute Gasteiger partial charge is 0.340 e. The van der Waals surface area contributed by atoms with E-state index >= 15 is 0 Å². The van der Waals surface area contributed by atoms with E-state index in [0.717, 1.165) is 12.3 Å².